The number of ether oxygens (including phenoxy) is 1. The van der Waals surface area contributed by atoms with Crippen LogP contribution in [0.15, 0.2) is 18.2 Å². The summed E-state index contributed by atoms with van der Waals surface area (Å²) in [7, 11) is 1.56. The second-order valence-electron chi connectivity index (χ2n) is 5.92. The maximum absolute atomic E-state index is 12.3. The van der Waals surface area contributed by atoms with Crippen molar-refractivity contribution in [2.24, 2.45) is 5.41 Å². The fourth-order valence-electron chi connectivity index (χ4n) is 2.98. The van der Waals surface area contributed by atoms with Crippen molar-refractivity contribution in [3.63, 3.8) is 0 Å². The van der Waals surface area contributed by atoms with Gasteiger partial charge in [0.15, 0.2) is 0 Å². The second-order valence-corrected chi connectivity index (χ2v) is 6.33. The van der Waals surface area contributed by atoms with Crippen LogP contribution in [0.3, 0.4) is 0 Å². The van der Waals surface area contributed by atoms with Gasteiger partial charge in [0.1, 0.15) is 5.75 Å². The van der Waals surface area contributed by atoms with E-state index in [2.05, 4.69) is 5.32 Å². The molecule has 21 heavy (non-hydrogen) atoms. The molecule has 2 atom stereocenters. The summed E-state index contributed by atoms with van der Waals surface area (Å²) in [4.78, 5) is 12.3. The van der Waals surface area contributed by atoms with Crippen molar-refractivity contribution < 1.29 is 14.6 Å². The monoisotopic (exact) mass is 311 g/mol. The molecule has 0 unspecified atom stereocenters. The molecule has 0 spiro atoms. The number of amides is 1. The van der Waals surface area contributed by atoms with Gasteiger partial charge in [-0.1, -0.05) is 31.0 Å². The highest BCUT2D eigenvalue weighted by atomic mass is 35.5. The lowest BCUT2D eigenvalue weighted by molar-refractivity contribution is -0.122. The summed E-state index contributed by atoms with van der Waals surface area (Å²) in [6, 6.07) is 5.35. The Morgan fingerprint density at radius 3 is 3.00 bits per heavy atom. The SMILES string of the molecule is COc1cccc(Cl)c1CC(=O)N[C@H]1CCC[C@]1(C)CO. The minimum absolute atomic E-state index is 0.0171. The molecule has 2 rings (SSSR count). The Bertz CT molecular complexity index is 520. The van der Waals surface area contributed by atoms with Gasteiger partial charge < -0.3 is 15.2 Å². The Labute approximate surface area is 130 Å². The Morgan fingerprint density at radius 1 is 1.57 bits per heavy atom. The number of rotatable bonds is 5. The molecule has 1 aliphatic rings. The van der Waals surface area contributed by atoms with E-state index < -0.39 is 0 Å². The molecular formula is C16H22ClNO3. The van der Waals surface area contributed by atoms with Gasteiger partial charge in [-0.3, -0.25) is 4.79 Å². The van der Waals surface area contributed by atoms with Gasteiger partial charge in [-0.25, -0.2) is 0 Å². The minimum Gasteiger partial charge on any atom is -0.496 e. The number of hydrogen-bond acceptors (Lipinski definition) is 3. The van der Waals surface area contributed by atoms with Crippen LogP contribution in [0.1, 0.15) is 31.7 Å². The van der Waals surface area contributed by atoms with Crippen LogP contribution in [0.2, 0.25) is 5.02 Å². The van der Waals surface area contributed by atoms with E-state index in [1.165, 1.54) is 0 Å². The van der Waals surface area contributed by atoms with Gasteiger partial charge in [-0.2, -0.15) is 0 Å². The Balaban J connectivity index is 2.06. The highest BCUT2D eigenvalue weighted by molar-refractivity contribution is 6.31. The third-order valence-electron chi connectivity index (χ3n) is 4.41. The zero-order valence-corrected chi connectivity index (χ0v) is 13.2. The lowest BCUT2D eigenvalue weighted by Crippen LogP contribution is -2.45. The molecule has 0 radical (unpaired) electrons. The second kappa shape index (κ2) is 6.67. The number of benzene rings is 1. The van der Waals surface area contributed by atoms with Crippen molar-refractivity contribution >= 4 is 17.5 Å². The molecule has 1 aromatic rings. The largest absolute Gasteiger partial charge is 0.496 e. The van der Waals surface area contributed by atoms with Crippen molar-refractivity contribution in [2.75, 3.05) is 13.7 Å². The van der Waals surface area contributed by atoms with Gasteiger partial charge in [-0.05, 0) is 25.0 Å². The van der Waals surface area contributed by atoms with E-state index in [-0.39, 0.29) is 30.4 Å². The number of nitrogens with one attached hydrogen (secondary N) is 1. The standard InChI is InChI=1S/C16H22ClNO3/c1-16(10-19)8-4-7-14(16)18-15(20)9-11-12(17)5-3-6-13(11)21-2/h3,5-6,14,19H,4,7-10H2,1-2H3,(H,18,20)/t14-,16+/m0/s1. The van der Waals surface area contributed by atoms with Crippen molar-refractivity contribution in [2.45, 2.75) is 38.6 Å². The molecule has 1 saturated carbocycles. The molecule has 1 aliphatic carbocycles. The Kier molecular flexibility index (Phi) is 5.12. The number of halogens is 1. The molecule has 0 aromatic heterocycles. The molecule has 116 valence electrons. The van der Waals surface area contributed by atoms with Crippen molar-refractivity contribution in [3.05, 3.63) is 28.8 Å². The first-order valence-electron chi connectivity index (χ1n) is 7.22. The molecule has 2 N–H and O–H groups in total. The van der Waals surface area contributed by atoms with Crippen LogP contribution in [0.25, 0.3) is 0 Å². The maximum Gasteiger partial charge on any atom is 0.224 e. The highest BCUT2D eigenvalue weighted by Crippen LogP contribution is 2.37. The van der Waals surface area contributed by atoms with Crippen LogP contribution in [0.4, 0.5) is 0 Å². The van der Waals surface area contributed by atoms with E-state index in [1.807, 2.05) is 6.92 Å². The number of aliphatic hydroxyl groups is 1. The van der Waals surface area contributed by atoms with Gasteiger partial charge in [0.2, 0.25) is 5.91 Å². The molecule has 0 bridgehead atoms. The summed E-state index contributed by atoms with van der Waals surface area (Å²) < 4.78 is 5.25. The van der Waals surface area contributed by atoms with Gasteiger partial charge in [0, 0.05) is 22.0 Å². The summed E-state index contributed by atoms with van der Waals surface area (Å²) >= 11 is 6.15. The predicted molar refractivity (Wildman–Crippen MR) is 82.7 cm³/mol. The normalized spacial score (nSPS) is 24.9. The Morgan fingerprint density at radius 2 is 2.33 bits per heavy atom. The van der Waals surface area contributed by atoms with Crippen LogP contribution in [-0.4, -0.2) is 30.8 Å². The van der Waals surface area contributed by atoms with E-state index in [0.29, 0.717) is 16.3 Å². The van der Waals surface area contributed by atoms with Crippen LogP contribution in [-0.2, 0) is 11.2 Å². The highest BCUT2D eigenvalue weighted by Gasteiger charge is 2.39. The lowest BCUT2D eigenvalue weighted by atomic mass is 9.85. The summed E-state index contributed by atoms with van der Waals surface area (Å²) in [5.41, 5.74) is 0.475. The number of carbonyl (C=O) groups excluding carboxylic acids is 1. The number of methoxy groups -OCH3 is 1. The summed E-state index contributed by atoms with van der Waals surface area (Å²) in [6.45, 7) is 2.11. The van der Waals surface area contributed by atoms with E-state index in [0.717, 1.165) is 19.3 Å². The number of hydrogen-bond donors (Lipinski definition) is 2. The van der Waals surface area contributed by atoms with Crippen LogP contribution >= 0.6 is 11.6 Å². The number of carbonyl (C=O) groups is 1. The maximum atomic E-state index is 12.3. The van der Waals surface area contributed by atoms with E-state index >= 15 is 0 Å². The van der Waals surface area contributed by atoms with Crippen molar-refractivity contribution in [1.82, 2.24) is 5.32 Å². The topological polar surface area (TPSA) is 58.6 Å². The summed E-state index contributed by atoms with van der Waals surface area (Å²) in [6.07, 6.45) is 3.05. The summed E-state index contributed by atoms with van der Waals surface area (Å²) in [5, 5.41) is 13.1. The van der Waals surface area contributed by atoms with Crippen LogP contribution in [0, 0.1) is 5.41 Å². The molecule has 0 saturated heterocycles. The third kappa shape index (κ3) is 3.50. The zero-order valence-electron chi connectivity index (χ0n) is 12.5. The van der Waals surface area contributed by atoms with Crippen LogP contribution < -0.4 is 10.1 Å². The first-order valence-corrected chi connectivity index (χ1v) is 7.59. The first kappa shape index (κ1) is 16.1. The zero-order chi connectivity index (χ0) is 15.5. The first-order chi connectivity index (χ1) is 10.00. The third-order valence-corrected chi connectivity index (χ3v) is 4.77. The van der Waals surface area contributed by atoms with Crippen LogP contribution in [0.5, 0.6) is 5.75 Å². The van der Waals surface area contributed by atoms with Gasteiger partial charge >= 0.3 is 0 Å². The van der Waals surface area contributed by atoms with Crippen molar-refractivity contribution in [1.29, 1.82) is 0 Å². The molecule has 0 aliphatic heterocycles. The number of aliphatic hydroxyl groups excluding tert-OH is 1. The average molecular weight is 312 g/mol. The van der Waals surface area contributed by atoms with E-state index in [9.17, 15) is 9.90 Å². The molecular weight excluding hydrogens is 290 g/mol. The smallest absolute Gasteiger partial charge is 0.224 e. The fraction of sp³-hybridized carbons (Fsp3) is 0.562. The lowest BCUT2D eigenvalue weighted by Gasteiger charge is -2.30. The summed E-state index contributed by atoms with van der Waals surface area (Å²) in [5.74, 6) is 0.530. The molecule has 1 amide bonds. The molecule has 0 heterocycles. The molecule has 1 fully saturated rings. The quantitative estimate of drug-likeness (QED) is 0.878. The van der Waals surface area contributed by atoms with Gasteiger partial charge in [-0.15, -0.1) is 0 Å². The van der Waals surface area contributed by atoms with E-state index in [1.54, 1.807) is 25.3 Å². The van der Waals surface area contributed by atoms with E-state index in [4.69, 9.17) is 16.3 Å². The predicted octanol–water partition coefficient (Wildman–Crippen LogP) is 2.56. The molecule has 1 aromatic carbocycles. The molecule has 4 nitrogen and oxygen atoms in total. The molecule has 5 heteroatoms. The van der Waals surface area contributed by atoms with Gasteiger partial charge in [0.25, 0.3) is 0 Å². The average Bonchev–Trinajstić information content (AvgIpc) is 2.83. The van der Waals surface area contributed by atoms with Gasteiger partial charge in [0.05, 0.1) is 20.1 Å². The minimum atomic E-state index is -0.222. The fourth-order valence-corrected chi connectivity index (χ4v) is 3.21. The Hall–Kier alpha value is -1.26. The van der Waals surface area contributed by atoms with Crippen molar-refractivity contribution in [3.8, 4) is 5.75 Å².